The van der Waals surface area contributed by atoms with E-state index in [0.717, 1.165) is 24.6 Å². The summed E-state index contributed by atoms with van der Waals surface area (Å²) in [5.74, 6) is 1.70. The first-order chi connectivity index (χ1) is 6.25. The normalized spacial score (nSPS) is 22.3. The predicted octanol–water partition coefficient (Wildman–Crippen LogP) is 0.356. The molecule has 1 aliphatic rings. The second-order valence-electron chi connectivity index (χ2n) is 3.35. The highest BCUT2D eigenvalue weighted by molar-refractivity contribution is 5.38. The molecule has 0 radical (unpaired) electrons. The number of anilines is 1. The number of rotatable bonds is 1. The van der Waals surface area contributed by atoms with Crippen LogP contribution in [0.25, 0.3) is 0 Å². The van der Waals surface area contributed by atoms with Crippen LogP contribution in [0.15, 0.2) is 12.3 Å². The molecular weight excluding hydrogens is 166 g/mol. The van der Waals surface area contributed by atoms with E-state index in [9.17, 15) is 5.11 Å². The quantitative estimate of drug-likeness (QED) is 0.676. The minimum atomic E-state index is -0.199. The van der Waals surface area contributed by atoms with Gasteiger partial charge < -0.3 is 10.0 Å². The van der Waals surface area contributed by atoms with Crippen LogP contribution in [0, 0.1) is 6.92 Å². The Morgan fingerprint density at radius 1 is 1.62 bits per heavy atom. The van der Waals surface area contributed by atoms with Gasteiger partial charge in [-0.05, 0) is 19.4 Å². The van der Waals surface area contributed by atoms with Crippen LogP contribution in [-0.4, -0.2) is 34.3 Å². The number of nitrogens with zero attached hydrogens (tertiary/aromatic N) is 3. The molecule has 0 saturated carbocycles. The van der Waals surface area contributed by atoms with E-state index in [2.05, 4.69) is 14.9 Å². The minimum Gasteiger partial charge on any atom is -0.391 e. The monoisotopic (exact) mass is 179 g/mol. The Bertz CT molecular complexity index is 303. The summed E-state index contributed by atoms with van der Waals surface area (Å²) in [4.78, 5) is 10.4. The molecule has 2 heterocycles. The molecular formula is C9H13N3O. The van der Waals surface area contributed by atoms with Gasteiger partial charge in [0, 0.05) is 19.3 Å². The fourth-order valence-electron chi connectivity index (χ4n) is 1.57. The van der Waals surface area contributed by atoms with Gasteiger partial charge >= 0.3 is 0 Å². The average molecular weight is 179 g/mol. The number of aryl methyl sites for hydroxylation is 1. The molecule has 13 heavy (non-hydrogen) atoms. The highest BCUT2D eigenvalue weighted by atomic mass is 16.3. The molecule has 0 spiro atoms. The number of aliphatic hydroxyl groups is 1. The fourth-order valence-corrected chi connectivity index (χ4v) is 1.57. The van der Waals surface area contributed by atoms with E-state index in [4.69, 9.17) is 0 Å². The summed E-state index contributed by atoms with van der Waals surface area (Å²) in [6, 6.07) is 1.88. The standard InChI is InChI=1S/C9H13N3O/c1-7-10-4-2-9(11-7)12-5-3-8(13)6-12/h2,4,8,13H,3,5-6H2,1H3. The third-order valence-electron chi connectivity index (χ3n) is 2.25. The van der Waals surface area contributed by atoms with Crippen molar-refractivity contribution in [2.45, 2.75) is 19.4 Å². The van der Waals surface area contributed by atoms with E-state index in [-0.39, 0.29) is 6.10 Å². The van der Waals surface area contributed by atoms with Gasteiger partial charge in [-0.2, -0.15) is 0 Å². The maximum absolute atomic E-state index is 9.35. The molecule has 70 valence electrons. The van der Waals surface area contributed by atoms with Gasteiger partial charge in [0.15, 0.2) is 0 Å². The molecule has 0 aromatic carbocycles. The summed E-state index contributed by atoms with van der Waals surface area (Å²) in [6.07, 6.45) is 2.39. The summed E-state index contributed by atoms with van der Waals surface area (Å²) in [5.41, 5.74) is 0. The Labute approximate surface area is 77.2 Å². The molecule has 0 amide bonds. The zero-order valence-electron chi connectivity index (χ0n) is 7.64. The average Bonchev–Trinajstić information content (AvgIpc) is 2.52. The largest absolute Gasteiger partial charge is 0.391 e. The molecule has 1 fully saturated rings. The maximum Gasteiger partial charge on any atom is 0.132 e. The van der Waals surface area contributed by atoms with E-state index in [1.165, 1.54) is 0 Å². The number of aliphatic hydroxyl groups excluding tert-OH is 1. The Balaban J connectivity index is 2.16. The Morgan fingerprint density at radius 2 is 2.46 bits per heavy atom. The Kier molecular flexibility index (Phi) is 2.14. The van der Waals surface area contributed by atoms with E-state index < -0.39 is 0 Å². The van der Waals surface area contributed by atoms with E-state index >= 15 is 0 Å². The first kappa shape index (κ1) is 8.44. The molecule has 0 bridgehead atoms. The molecule has 0 aliphatic carbocycles. The summed E-state index contributed by atoms with van der Waals surface area (Å²) < 4.78 is 0. The van der Waals surface area contributed by atoms with E-state index in [0.29, 0.717) is 6.54 Å². The van der Waals surface area contributed by atoms with Crippen molar-refractivity contribution in [3.8, 4) is 0 Å². The summed E-state index contributed by atoms with van der Waals surface area (Å²) >= 11 is 0. The van der Waals surface area contributed by atoms with Crippen LogP contribution >= 0.6 is 0 Å². The molecule has 1 N–H and O–H groups in total. The lowest BCUT2D eigenvalue weighted by molar-refractivity contribution is 0.198. The molecule has 1 unspecified atom stereocenters. The lowest BCUT2D eigenvalue weighted by Gasteiger charge is -2.15. The van der Waals surface area contributed by atoms with Crippen LogP contribution < -0.4 is 4.90 Å². The van der Waals surface area contributed by atoms with Gasteiger partial charge in [0.05, 0.1) is 6.10 Å². The second kappa shape index (κ2) is 3.30. The molecule has 1 aromatic rings. The first-order valence-corrected chi connectivity index (χ1v) is 4.48. The van der Waals surface area contributed by atoms with Gasteiger partial charge in [0.25, 0.3) is 0 Å². The number of hydrogen-bond acceptors (Lipinski definition) is 4. The SMILES string of the molecule is Cc1nccc(N2CCC(O)C2)n1. The van der Waals surface area contributed by atoms with Crippen LogP contribution in [0.2, 0.25) is 0 Å². The van der Waals surface area contributed by atoms with Gasteiger partial charge in [-0.25, -0.2) is 9.97 Å². The van der Waals surface area contributed by atoms with Crippen molar-refractivity contribution in [3.05, 3.63) is 18.1 Å². The lowest BCUT2D eigenvalue weighted by Crippen LogP contribution is -2.22. The second-order valence-corrected chi connectivity index (χ2v) is 3.35. The minimum absolute atomic E-state index is 0.199. The third kappa shape index (κ3) is 1.78. The number of β-amino-alcohol motifs (C(OH)–C–C–N with tert-alkyl or cyclic N) is 1. The lowest BCUT2D eigenvalue weighted by atomic mass is 10.3. The summed E-state index contributed by atoms with van der Waals surface area (Å²) in [5, 5.41) is 9.35. The topological polar surface area (TPSA) is 49.2 Å². The first-order valence-electron chi connectivity index (χ1n) is 4.48. The fraction of sp³-hybridized carbons (Fsp3) is 0.556. The van der Waals surface area contributed by atoms with Crippen molar-refractivity contribution in [2.75, 3.05) is 18.0 Å². The smallest absolute Gasteiger partial charge is 0.132 e. The van der Waals surface area contributed by atoms with Crippen LogP contribution in [-0.2, 0) is 0 Å². The van der Waals surface area contributed by atoms with E-state index in [1.54, 1.807) is 6.20 Å². The van der Waals surface area contributed by atoms with Gasteiger partial charge in [-0.3, -0.25) is 0 Å². The number of hydrogen-bond donors (Lipinski definition) is 1. The maximum atomic E-state index is 9.35. The zero-order valence-corrected chi connectivity index (χ0v) is 7.64. The van der Waals surface area contributed by atoms with Gasteiger partial charge in [0.1, 0.15) is 11.6 Å². The Morgan fingerprint density at radius 3 is 3.08 bits per heavy atom. The van der Waals surface area contributed by atoms with Crippen LogP contribution in [0.1, 0.15) is 12.2 Å². The summed E-state index contributed by atoms with van der Waals surface area (Å²) in [7, 11) is 0. The van der Waals surface area contributed by atoms with Crippen LogP contribution in [0.3, 0.4) is 0 Å². The highest BCUT2D eigenvalue weighted by Crippen LogP contribution is 2.16. The molecule has 4 nitrogen and oxygen atoms in total. The van der Waals surface area contributed by atoms with Gasteiger partial charge in [-0.15, -0.1) is 0 Å². The van der Waals surface area contributed by atoms with Gasteiger partial charge in [0.2, 0.25) is 0 Å². The van der Waals surface area contributed by atoms with Crippen molar-refractivity contribution in [1.29, 1.82) is 0 Å². The molecule has 4 heteroatoms. The van der Waals surface area contributed by atoms with Gasteiger partial charge in [-0.1, -0.05) is 0 Å². The van der Waals surface area contributed by atoms with Crippen molar-refractivity contribution in [1.82, 2.24) is 9.97 Å². The molecule has 1 saturated heterocycles. The van der Waals surface area contributed by atoms with Crippen molar-refractivity contribution >= 4 is 5.82 Å². The van der Waals surface area contributed by atoms with Crippen LogP contribution in [0.5, 0.6) is 0 Å². The zero-order chi connectivity index (χ0) is 9.26. The predicted molar refractivity (Wildman–Crippen MR) is 49.6 cm³/mol. The highest BCUT2D eigenvalue weighted by Gasteiger charge is 2.20. The summed E-state index contributed by atoms with van der Waals surface area (Å²) in [6.45, 7) is 3.45. The Hall–Kier alpha value is -1.16. The van der Waals surface area contributed by atoms with Crippen LogP contribution in [0.4, 0.5) is 5.82 Å². The van der Waals surface area contributed by atoms with E-state index in [1.807, 2.05) is 13.0 Å². The molecule has 1 aromatic heterocycles. The molecule has 2 rings (SSSR count). The molecule has 1 aliphatic heterocycles. The van der Waals surface area contributed by atoms with Crippen molar-refractivity contribution in [2.24, 2.45) is 0 Å². The molecule has 1 atom stereocenters. The van der Waals surface area contributed by atoms with Crippen molar-refractivity contribution < 1.29 is 5.11 Å². The number of aromatic nitrogens is 2. The van der Waals surface area contributed by atoms with Crippen molar-refractivity contribution in [3.63, 3.8) is 0 Å². The third-order valence-corrected chi connectivity index (χ3v) is 2.25.